The maximum absolute atomic E-state index is 13.1. The Morgan fingerprint density at radius 1 is 1.19 bits per heavy atom. The van der Waals surface area contributed by atoms with Crippen LogP contribution in [0.5, 0.6) is 5.75 Å². The van der Waals surface area contributed by atoms with Gasteiger partial charge in [0.1, 0.15) is 5.54 Å². The molecule has 1 heterocycles. The van der Waals surface area contributed by atoms with Crippen LogP contribution in [-0.2, 0) is 4.79 Å². The van der Waals surface area contributed by atoms with Gasteiger partial charge in [0.05, 0.1) is 19.0 Å². The quantitative estimate of drug-likeness (QED) is 0.889. The summed E-state index contributed by atoms with van der Waals surface area (Å²) in [7, 11) is 3.01. The van der Waals surface area contributed by atoms with Gasteiger partial charge in [0.15, 0.2) is 11.4 Å². The first-order chi connectivity index (χ1) is 12.5. The second kappa shape index (κ2) is 7.19. The number of methoxy groups -OCH3 is 1. The van der Waals surface area contributed by atoms with Crippen LogP contribution in [0.1, 0.15) is 42.6 Å². The van der Waals surface area contributed by atoms with Crippen LogP contribution in [0.2, 0.25) is 0 Å². The third kappa shape index (κ3) is 3.05. The van der Waals surface area contributed by atoms with Crippen molar-refractivity contribution in [1.82, 2.24) is 14.7 Å². The summed E-state index contributed by atoms with van der Waals surface area (Å²) >= 11 is 0. The first-order valence-electron chi connectivity index (χ1n) is 8.70. The molecule has 1 aromatic carbocycles. The van der Waals surface area contributed by atoms with Gasteiger partial charge in [-0.2, -0.15) is 5.10 Å². The van der Waals surface area contributed by atoms with Crippen LogP contribution in [0.3, 0.4) is 0 Å². The summed E-state index contributed by atoms with van der Waals surface area (Å²) in [5, 5.41) is 14.2. The summed E-state index contributed by atoms with van der Waals surface area (Å²) in [6.07, 6.45) is 5.10. The van der Waals surface area contributed by atoms with Crippen LogP contribution in [0, 0.1) is 0 Å². The van der Waals surface area contributed by atoms with Crippen molar-refractivity contribution in [3.63, 3.8) is 0 Å². The van der Waals surface area contributed by atoms with E-state index in [2.05, 4.69) is 5.10 Å². The van der Waals surface area contributed by atoms with Crippen molar-refractivity contribution >= 4 is 11.9 Å². The molecule has 138 valence electrons. The SMILES string of the molecule is COc1cn(-c2ccccc2)nc1C(=O)N(C)C1(C(=O)O)CCCCC1. The molecule has 1 saturated carbocycles. The van der Waals surface area contributed by atoms with E-state index in [9.17, 15) is 14.7 Å². The molecular formula is C19H23N3O4. The molecule has 1 aromatic heterocycles. The molecule has 0 unspecified atom stereocenters. The third-order valence-corrected chi connectivity index (χ3v) is 5.15. The number of benzene rings is 1. The molecule has 0 saturated heterocycles. The number of hydrogen-bond donors (Lipinski definition) is 1. The molecule has 7 nitrogen and oxygen atoms in total. The number of nitrogens with zero attached hydrogens (tertiary/aromatic N) is 3. The average Bonchev–Trinajstić information content (AvgIpc) is 3.12. The molecule has 1 N–H and O–H groups in total. The van der Waals surface area contributed by atoms with Gasteiger partial charge in [-0.1, -0.05) is 37.5 Å². The molecule has 0 radical (unpaired) electrons. The minimum atomic E-state index is -1.18. The molecule has 0 atom stereocenters. The fraction of sp³-hybridized carbons (Fsp3) is 0.421. The Morgan fingerprint density at radius 2 is 1.85 bits per heavy atom. The van der Waals surface area contributed by atoms with Crippen molar-refractivity contribution in [3.05, 3.63) is 42.2 Å². The van der Waals surface area contributed by atoms with Crippen LogP contribution in [0.25, 0.3) is 5.69 Å². The number of rotatable bonds is 5. The Bertz CT molecular complexity index is 794. The number of likely N-dealkylation sites (N-methyl/N-ethyl adjacent to an activating group) is 1. The Balaban J connectivity index is 1.96. The van der Waals surface area contributed by atoms with E-state index in [4.69, 9.17) is 4.74 Å². The zero-order chi connectivity index (χ0) is 18.7. The van der Waals surface area contributed by atoms with E-state index in [-0.39, 0.29) is 5.69 Å². The van der Waals surface area contributed by atoms with E-state index in [1.165, 1.54) is 12.0 Å². The van der Waals surface area contributed by atoms with Crippen LogP contribution in [0.15, 0.2) is 36.5 Å². The lowest BCUT2D eigenvalue weighted by molar-refractivity contribution is -0.151. The number of ether oxygens (including phenoxy) is 1. The topological polar surface area (TPSA) is 84.7 Å². The standard InChI is InChI=1S/C19H23N3O4/c1-21(19(18(24)25)11-7-4-8-12-19)17(23)16-15(26-2)13-22(20-16)14-9-5-3-6-10-14/h3,5-6,9-10,13H,4,7-8,11-12H2,1-2H3,(H,24,25). The summed E-state index contributed by atoms with van der Waals surface area (Å²) in [4.78, 5) is 26.4. The minimum absolute atomic E-state index is 0.116. The summed E-state index contributed by atoms with van der Waals surface area (Å²) in [6.45, 7) is 0. The zero-order valence-electron chi connectivity index (χ0n) is 15.0. The molecule has 3 rings (SSSR count). The number of amides is 1. The lowest BCUT2D eigenvalue weighted by atomic mass is 9.80. The van der Waals surface area contributed by atoms with Gasteiger partial charge in [0.2, 0.25) is 0 Å². The highest BCUT2D eigenvalue weighted by molar-refractivity contribution is 5.98. The Hall–Kier alpha value is -2.83. The smallest absolute Gasteiger partial charge is 0.329 e. The van der Waals surface area contributed by atoms with E-state index in [1.807, 2.05) is 30.3 Å². The van der Waals surface area contributed by atoms with Gasteiger partial charge >= 0.3 is 5.97 Å². The van der Waals surface area contributed by atoms with Crippen molar-refractivity contribution in [3.8, 4) is 11.4 Å². The fourth-order valence-electron chi connectivity index (χ4n) is 3.55. The number of hydrogen-bond acceptors (Lipinski definition) is 4. The number of carbonyl (C=O) groups excluding carboxylic acids is 1. The molecule has 2 aromatic rings. The van der Waals surface area contributed by atoms with Crippen LogP contribution < -0.4 is 4.74 Å². The van der Waals surface area contributed by atoms with Gasteiger partial charge in [-0.05, 0) is 25.0 Å². The largest absolute Gasteiger partial charge is 0.493 e. The average molecular weight is 357 g/mol. The van der Waals surface area contributed by atoms with Gasteiger partial charge < -0.3 is 14.7 Å². The Labute approximate surface area is 152 Å². The van der Waals surface area contributed by atoms with Gasteiger partial charge in [0, 0.05) is 7.05 Å². The monoisotopic (exact) mass is 357 g/mol. The molecular weight excluding hydrogens is 334 g/mol. The normalized spacial score (nSPS) is 16.1. The number of carboxylic acid groups (broad SMARTS) is 1. The molecule has 1 aliphatic rings. The molecule has 26 heavy (non-hydrogen) atoms. The van der Waals surface area contributed by atoms with Gasteiger partial charge in [-0.3, -0.25) is 4.79 Å². The summed E-state index contributed by atoms with van der Waals surface area (Å²) in [6, 6.07) is 9.37. The van der Waals surface area contributed by atoms with E-state index < -0.39 is 17.4 Å². The van der Waals surface area contributed by atoms with Crippen molar-refractivity contribution in [2.24, 2.45) is 0 Å². The molecule has 0 aliphatic heterocycles. The highest BCUT2D eigenvalue weighted by atomic mass is 16.5. The first-order valence-corrected chi connectivity index (χ1v) is 8.70. The summed E-state index contributed by atoms with van der Waals surface area (Å²) in [5.41, 5.74) is -0.278. The van der Waals surface area contributed by atoms with Crippen LogP contribution in [-0.4, -0.2) is 51.4 Å². The van der Waals surface area contributed by atoms with Crippen molar-refractivity contribution < 1.29 is 19.4 Å². The van der Waals surface area contributed by atoms with Crippen molar-refractivity contribution in [1.29, 1.82) is 0 Å². The van der Waals surface area contributed by atoms with Crippen molar-refractivity contribution in [2.75, 3.05) is 14.2 Å². The number of carbonyl (C=O) groups is 2. The second-order valence-corrected chi connectivity index (χ2v) is 6.59. The van der Waals surface area contributed by atoms with Crippen LogP contribution >= 0.6 is 0 Å². The van der Waals surface area contributed by atoms with Gasteiger partial charge in [-0.15, -0.1) is 0 Å². The Morgan fingerprint density at radius 3 is 2.42 bits per heavy atom. The predicted molar refractivity (Wildman–Crippen MR) is 95.7 cm³/mol. The first kappa shape index (κ1) is 18.0. The Kier molecular flexibility index (Phi) is 4.97. The summed E-state index contributed by atoms with van der Waals surface area (Å²) < 4.78 is 6.88. The van der Waals surface area contributed by atoms with Crippen LogP contribution in [0.4, 0.5) is 0 Å². The zero-order valence-corrected chi connectivity index (χ0v) is 15.0. The van der Waals surface area contributed by atoms with Gasteiger partial charge in [-0.25, -0.2) is 9.48 Å². The number of para-hydroxylation sites is 1. The van der Waals surface area contributed by atoms with E-state index >= 15 is 0 Å². The second-order valence-electron chi connectivity index (χ2n) is 6.59. The molecule has 7 heteroatoms. The van der Waals surface area contributed by atoms with E-state index in [0.29, 0.717) is 18.6 Å². The van der Waals surface area contributed by atoms with Gasteiger partial charge in [0.25, 0.3) is 5.91 Å². The lowest BCUT2D eigenvalue weighted by Gasteiger charge is -2.40. The van der Waals surface area contributed by atoms with E-state index in [1.54, 1.807) is 17.9 Å². The lowest BCUT2D eigenvalue weighted by Crippen LogP contribution is -2.56. The molecule has 1 aliphatic carbocycles. The highest BCUT2D eigenvalue weighted by Gasteiger charge is 2.46. The predicted octanol–water partition coefficient (Wildman–Crippen LogP) is 2.74. The van der Waals surface area contributed by atoms with E-state index in [0.717, 1.165) is 24.9 Å². The maximum atomic E-state index is 13.1. The number of aromatic nitrogens is 2. The number of aliphatic carboxylic acids is 1. The third-order valence-electron chi connectivity index (χ3n) is 5.15. The molecule has 0 spiro atoms. The number of carboxylic acids is 1. The molecule has 1 fully saturated rings. The molecule has 1 amide bonds. The highest BCUT2D eigenvalue weighted by Crippen LogP contribution is 2.35. The summed E-state index contributed by atoms with van der Waals surface area (Å²) in [5.74, 6) is -1.09. The van der Waals surface area contributed by atoms with Crippen molar-refractivity contribution in [2.45, 2.75) is 37.6 Å². The molecule has 0 bridgehead atoms. The fourth-order valence-corrected chi connectivity index (χ4v) is 3.55. The maximum Gasteiger partial charge on any atom is 0.329 e. The minimum Gasteiger partial charge on any atom is -0.493 e.